The summed E-state index contributed by atoms with van der Waals surface area (Å²) in [5, 5.41) is 4.31. The second-order valence-corrected chi connectivity index (χ2v) is 7.88. The van der Waals surface area contributed by atoms with Crippen molar-refractivity contribution < 1.29 is 0 Å². The largest absolute Gasteiger partial charge is 0.352 e. The van der Waals surface area contributed by atoms with E-state index in [1.807, 2.05) is 30.6 Å². The standard InChI is InChI=1S/C22H26N6S/c1-26(2)13-7-15-28-21(20(25-22(28)29)18-9-3-4-12-24-18)19-10-6-14-27(19)17-8-5-11-23-16-17/h3-6,8-12,14,16,20-21H,7,13,15H2,1-2H3,(H,25,29)/t20-,21-/m0/s1. The third kappa shape index (κ3) is 4.16. The molecular weight excluding hydrogens is 380 g/mol. The van der Waals surface area contributed by atoms with Crippen LogP contribution in [0.4, 0.5) is 0 Å². The van der Waals surface area contributed by atoms with Gasteiger partial charge in [-0.05, 0) is 75.7 Å². The molecule has 2 atom stereocenters. The minimum atomic E-state index is -0.00613. The van der Waals surface area contributed by atoms with Gasteiger partial charge in [-0.15, -0.1) is 0 Å². The van der Waals surface area contributed by atoms with Crippen LogP contribution in [-0.4, -0.2) is 56.6 Å². The summed E-state index contributed by atoms with van der Waals surface area (Å²) < 4.78 is 2.20. The van der Waals surface area contributed by atoms with E-state index in [4.69, 9.17) is 12.2 Å². The highest BCUT2D eigenvalue weighted by molar-refractivity contribution is 7.80. The van der Waals surface area contributed by atoms with Crippen molar-refractivity contribution in [2.24, 2.45) is 0 Å². The van der Waals surface area contributed by atoms with E-state index < -0.39 is 0 Å². The number of aromatic nitrogens is 3. The first-order chi connectivity index (χ1) is 14.1. The van der Waals surface area contributed by atoms with Gasteiger partial charge in [-0.2, -0.15) is 0 Å². The van der Waals surface area contributed by atoms with Crippen molar-refractivity contribution in [3.63, 3.8) is 0 Å². The van der Waals surface area contributed by atoms with Gasteiger partial charge in [-0.25, -0.2) is 0 Å². The first-order valence-electron chi connectivity index (χ1n) is 9.85. The Morgan fingerprint density at radius 1 is 1.10 bits per heavy atom. The predicted octanol–water partition coefficient (Wildman–Crippen LogP) is 3.19. The highest BCUT2D eigenvalue weighted by atomic mass is 32.1. The second-order valence-electron chi connectivity index (χ2n) is 7.49. The van der Waals surface area contributed by atoms with Gasteiger partial charge < -0.3 is 19.7 Å². The fraction of sp³-hybridized carbons (Fsp3) is 0.318. The Kier molecular flexibility index (Phi) is 5.87. The summed E-state index contributed by atoms with van der Waals surface area (Å²) in [6.45, 7) is 1.90. The zero-order valence-corrected chi connectivity index (χ0v) is 17.6. The van der Waals surface area contributed by atoms with Crippen LogP contribution in [0.25, 0.3) is 5.69 Å². The number of hydrogen-bond donors (Lipinski definition) is 1. The molecule has 0 aromatic carbocycles. The molecule has 3 aromatic rings. The molecular formula is C22H26N6S. The van der Waals surface area contributed by atoms with E-state index >= 15 is 0 Å². The van der Waals surface area contributed by atoms with Crippen LogP contribution in [0.3, 0.4) is 0 Å². The predicted molar refractivity (Wildman–Crippen MR) is 119 cm³/mol. The smallest absolute Gasteiger partial charge is 0.170 e. The number of rotatable bonds is 7. The molecule has 0 bridgehead atoms. The van der Waals surface area contributed by atoms with Gasteiger partial charge >= 0.3 is 0 Å². The zero-order valence-electron chi connectivity index (χ0n) is 16.8. The van der Waals surface area contributed by atoms with Crippen LogP contribution < -0.4 is 5.32 Å². The van der Waals surface area contributed by atoms with E-state index in [1.165, 1.54) is 5.69 Å². The molecule has 4 heterocycles. The summed E-state index contributed by atoms with van der Waals surface area (Å²) in [7, 11) is 4.20. The molecule has 0 aliphatic carbocycles. The van der Waals surface area contributed by atoms with Crippen molar-refractivity contribution in [3.05, 3.63) is 78.6 Å². The number of thiocarbonyl (C=S) groups is 1. The molecule has 29 heavy (non-hydrogen) atoms. The van der Waals surface area contributed by atoms with Crippen LogP contribution in [0.15, 0.2) is 67.3 Å². The van der Waals surface area contributed by atoms with Crippen LogP contribution in [0.1, 0.15) is 29.9 Å². The maximum Gasteiger partial charge on any atom is 0.170 e. The molecule has 6 nitrogen and oxygen atoms in total. The molecule has 1 aliphatic heterocycles. The fourth-order valence-electron chi connectivity index (χ4n) is 3.89. The molecule has 3 aromatic heterocycles. The third-order valence-electron chi connectivity index (χ3n) is 5.21. The minimum Gasteiger partial charge on any atom is -0.352 e. The van der Waals surface area contributed by atoms with Crippen LogP contribution in [-0.2, 0) is 0 Å². The van der Waals surface area contributed by atoms with E-state index in [0.29, 0.717) is 0 Å². The topological polar surface area (TPSA) is 49.2 Å². The zero-order chi connectivity index (χ0) is 20.2. The van der Waals surface area contributed by atoms with Crippen molar-refractivity contribution in [1.82, 2.24) is 29.7 Å². The van der Waals surface area contributed by atoms with Gasteiger partial charge in [0.1, 0.15) is 0 Å². The average molecular weight is 407 g/mol. The van der Waals surface area contributed by atoms with Crippen molar-refractivity contribution in [2.75, 3.05) is 27.2 Å². The van der Waals surface area contributed by atoms with Gasteiger partial charge in [-0.3, -0.25) is 9.97 Å². The van der Waals surface area contributed by atoms with Gasteiger partial charge in [-0.1, -0.05) is 6.07 Å². The quantitative estimate of drug-likeness (QED) is 0.608. The van der Waals surface area contributed by atoms with Crippen LogP contribution in [0.2, 0.25) is 0 Å². The summed E-state index contributed by atoms with van der Waals surface area (Å²) >= 11 is 5.76. The number of nitrogens with one attached hydrogen (secondary N) is 1. The molecule has 1 N–H and O–H groups in total. The number of pyridine rings is 2. The normalized spacial score (nSPS) is 19.0. The highest BCUT2D eigenvalue weighted by Gasteiger charge is 2.40. The molecule has 0 amide bonds. The van der Waals surface area contributed by atoms with E-state index in [2.05, 4.69) is 74.2 Å². The molecule has 1 fully saturated rings. The van der Waals surface area contributed by atoms with Gasteiger partial charge in [0.15, 0.2) is 5.11 Å². The van der Waals surface area contributed by atoms with Gasteiger partial charge in [0, 0.05) is 30.8 Å². The van der Waals surface area contributed by atoms with Crippen molar-refractivity contribution in [2.45, 2.75) is 18.5 Å². The molecule has 1 saturated heterocycles. The second kappa shape index (κ2) is 8.71. The first kappa shape index (κ1) is 19.5. The minimum absolute atomic E-state index is 0.00613. The lowest BCUT2D eigenvalue weighted by Crippen LogP contribution is -2.33. The van der Waals surface area contributed by atoms with E-state index in [1.54, 1.807) is 6.20 Å². The first-order valence-corrected chi connectivity index (χ1v) is 10.3. The molecule has 0 radical (unpaired) electrons. The van der Waals surface area contributed by atoms with E-state index in [9.17, 15) is 0 Å². The molecule has 7 heteroatoms. The third-order valence-corrected chi connectivity index (χ3v) is 5.56. The molecule has 1 aliphatic rings. The molecule has 150 valence electrons. The SMILES string of the molecule is CN(C)CCCN1C(=S)N[C@@H](c2ccccn2)[C@@H]1c1cccn1-c1cccnc1. The molecule has 0 spiro atoms. The molecule has 4 rings (SSSR count). The van der Waals surface area contributed by atoms with Crippen LogP contribution in [0, 0.1) is 0 Å². The van der Waals surface area contributed by atoms with Gasteiger partial charge in [0.2, 0.25) is 0 Å². The van der Waals surface area contributed by atoms with Gasteiger partial charge in [0.05, 0.1) is 29.7 Å². The highest BCUT2D eigenvalue weighted by Crippen LogP contribution is 2.39. The lowest BCUT2D eigenvalue weighted by molar-refractivity contribution is 0.286. The average Bonchev–Trinajstić information content (AvgIpc) is 3.34. The summed E-state index contributed by atoms with van der Waals surface area (Å²) in [4.78, 5) is 13.4. The Hall–Kier alpha value is -2.77. The van der Waals surface area contributed by atoms with E-state index in [0.717, 1.165) is 36.0 Å². The summed E-state index contributed by atoms with van der Waals surface area (Å²) in [6, 6.07) is 14.4. The maximum absolute atomic E-state index is 5.76. The van der Waals surface area contributed by atoms with Crippen LogP contribution >= 0.6 is 12.2 Å². The number of hydrogen-bond acceptors (Lipinski definition) is 4. The monoisotopic (exact) mass is 406 g/mol. The van der Waals surface area contributed by atoms with Crippen LogP contribution in [0.5, 0.6) is 0 Å². The van der Waals surface area contributed by atoms with Crippen molar-refractivity contribution >= 4 is 17.3 Å². The molecule has 0 unspecified atom stereocenters. The Morgan fingerprint density at radius 2 is 2.00 bits per heavy atom. The summed E-state index contributed by atoms with van der Waals surface area (Å²) in [6.07, 6.45) is 8.64. The fourth-order valence-corrected chi connectivity index (χ4v) is 4.22. The number of nitrogens with zero attached hydrogens (tertiary/aromatic N) is 5. The van der Waals surface area contributed by atoms with Crippen molar-refractivity contribution in [1.29, 1.82) is 0 Å². The Morgan fingerprint density at radius 3 is 2.72 bits per heavy atom. The molecule has 0 saturated carbocycles. The Bertz CT molecular complexity index is 940. The van der Waals surface area contributed by atoms with Crippen molar-refractivity contribution in [3.8, 4) is 5.69 Å². The Balaban J connectivity index is 1.72. The Labute approximate surface area is 177 Å². The lowest BCUT2D eigenvalue weighted by atomic mass is 10.0. The lowest BCUT2D eigenvalue weighted by Gasteiger charge is -2.29. The van der Waals surface area contributed by atoms with Gasteiger partial charge in [0.25, 0.3) is 0 Å². The summed E-state index contributed by atoms with van der Waals surface area (Å²) in [5.41, 5.74) is 3.21. The summed E-state index contributed by atoms with van der Waals surface area (Å²) in [5.74, 6) is 0. The maximum atomic E-state index is 5.76. The van der Waals surface area contributed by atoms with E-state index in [-0.39, 0.29) is 12.1 Å².